The van der Waals surface area contributed by atoms with Crippen LogP contribution in [0.5, 0.6) is 0 Å². The van der Waals surface area contributed by atoms with Crippen molar-refractivity contribution in [1.82, 2.24) is 4.98 Å². The molecule has 0 bridgehead atoms. The van der Waals surface area contributed by atoms with Gasteiger partial charge < -0.3 is 14.7 Å². The summed E-state index contributed by atoms with van der Waals surface area (Å²) in [6.07, 6.45) is 1.73. The molecule has 4 rings (SSSR count). The Morgan fingerprint density at radius 1 is 1.17 bits per heavy atom. The normalized spacial score (nSPS) is 14.3. The predicted molar refractivity (Wildman–Crippen MR) is 115 cm³/mol. The van der Waals surface area contributed by atoms with Gasteiger partial charge in [-0.2, -0.15) is 5.10 Å². The van der Waals surface area contributed by atoms with Gasteiger partial charge in [-0.1, -0.05) is 47.7 Å². The van der Waals surface area contributed by atoms with Gasteiger partial charge in [-0.3, -0.25) is 5.43 Å². The zero-order valence-corrected chi connectivity index (χ0v) is 16.4. The molecule has 1 aliphatic heterocycles. The van der Waals surface area contributed by atoms with Crippen molar-refractivity contribution in [3.63, 3.8) is 0 Å². The second-order valence-electron chi connectivity index (χ2n) is 6.43. The summed E-state index contributed by atoms with van der Waals surface area (Å²) in [6.45, 7) is 3.04. The molecular weight excluding hydrogens is 388 g/mol. The number of carbonyl (C=O) groups is 1. The number of carboxylic acids is 1. The summed E-state index contributed by atoms with van der Waals surface area (Å²) in [7, 11) is 0. The number of hydrogen-bond donors (Lipinski definition) is 2. The van der Waals surface area contributed by atoms with Gasteiger partial charge in [-0.15, -0.1) is 0 Å². The molecule has 0 spiro atoms. The minimum Gasteiger partial charge on any atom is -0.478 e. The number of aromatic carboxylic acids is 1. The second-order valence-corrected chi connectivity index (χ2v) is 7.44. The number of benzene rings is 2. The lowest BCUT2D eigenvalue weighted by molar-refractivity contribution is 0.0697. The van der Waals surface area contributed by atoms with E-state index in [4.69, 9.17) is 14.8 Å². The highest BCUT2D eigenvalue weighted by atomic mass is 32.1. The highest BCUT2D eigenvalue weighted by Gasteiger charge is 2.18. The van der Waals surface area contributed by atoms with E-state index in [9.17, 15) is 4.79 Å². The summed E-state index contributed by atoms with van der Waals surface area (Å²) < 4.78 is 5.44. The first-order valence-electron chi connectivity index (χ1n) is 9.22. The molecule has 1 aromatic heterocycles. The average Bonchev–Trinajstić information content (AvgIpc) is 3.19. The lowest BCUT2D eigenvalue weighted by Gasteiger charge is -2.26. The SMILES string of the molecule is O=C(O)c1cccc(N/N=C/c2sc(N3CCOCC3)nc2-c2ccccc2)c1. The van der Waals surface area contributed by atoms with Gasteiger partial charge in [0.2, 0.25) is 0 Å². The maximum atomic E-state index is 11.1. The molecule has 0 atom stereocenters. The van der Waals surface area contributed by atoms with Gasteiger partial charge in [-0.25, -0.2) is 9.78 Å². The van der Waals surface area contributed by atoms with Crippen LogP contribution in [-0.2, 0) is 4.74 Å². The Hall–Kier alpha value is -3.23. The fraction of sp³-hybridized carbons (Fsp3) is 0.190. The van der Waals surface area contributed by atoms with E-state index < -0.39 is 5.97 Å². The third-order valence-corrected chi connectivity index (χ3v) is 5.51. The predicted octanol–water partition coefficient (Wildman–Crippen LogP) is 3.79. The molecule has 0 saturated carbocycles. The summed E-state index contributed by atoms with van der Waals surface area (Å²) in [4.78, 5) is 19.1. The average molecular weight is 408 g/mol. The Kier molecular flexibility index (Phi) is 5.83. The van der Waals surface area contributed by atoms with E-state index in [0.717, 1.165) is 34.4 Å². The molecule has 0 amide bonds. The van der Waals surface area contributed by atoms with Crippen LogP contribution in [0.2, 0.25) is 0 Å². The van der Waals surface area contributed by atoms with E-state index in [2.05, 4.69) is 15.4 Å². The topological polar surface area (TPSA) is 87.0 Å². The highest BCUT2D eigenvalue weighted by molar-refractivity contribution is 7.17. The van der Waals surface area contributed by atoms with Gasteiger partial charge in [0, 0.05) is 18.7 Å². The van der Waals surface area contributed by atoms with Gasteiger partial charge in [0.05, 0.1) is 41.3 Å². The van der Waals surface area contributed by atoms with Crippen LogP contribution in [0.3, 0.4) is 0 Å². The summed E-state index contributed by atoms with van der Waals surface area (Å²) in [5.74, 6) is -0.971. The van der Waals surface area contributed by atoms with Crippen molar-refractivity contribution in [2.24, 2.45) is 5.10 Å². The van der Waals surface area contributed by atoms with E-state index in [1.54, 1.807) is 41.8 Å². The first-order chi connectivity index (χ1) is 14.2. The van der Waals surface area contributed by atoms with Crippen LogP contribution in [0.4, 0.5) is 10.8 Å². The highest BCUT2D eigenvalue weighted by Crippen LogP contribution is 2.32. The molecule has 0 aliphatic carbocycles. The summed E-state index contributed by atoms with van der Waals surface area (Å²) in [5, 5.41) is 14.4. The van der Waals surface area contributed by atoms with Gasteiger partial charge >= 0.3 is 5.97 Å². The Bertz CT molecular complexity index is 1010. The van der Waals surface area contributed by atoms with E-state index in [1.165, 1.54) is 0 Å². The summed E-state index contributed by atoms with van der Waals surface area (Å²) >= 11 is 1.58. The minimum atomic E-state index is -0.971. The Morgan fingerprint density at radius 3 is 2.72 bits per heavy atom. The monoisotopic (exact) mass is 408 g/mol. The third kappa shape index (κ3) is 4.61. The van der Waals surface area contributed by atoms with Crippen molar-refractivity contribution in [1.29, 1.82) is 0 Å². The number of nitrogens with zero attached hydrogens (tertiary/aromatic N) is 3. The molecule has 2 heterocycles. The molecule has 1 saturated heterocycles. The van der Waals surface area contributed by atoms with E-state index >= 15 is 0 Å². The number of hydrogen-bond acceptors (Lipinski definition) is 7. The number of ether oxygens (including phenoxy) is 1. The number of rotatable bonds is 6. The van der Waals surface area contributed by atoms with Gasteiger partial charge in [0.15, 0.2) is 5.13 Å². The van der Waals surface area contributed by atoms with E-state index in [1.807, 2.05) is 30.3 Å². The van der Waals surface area contributed by atoms with Crippen LogP contribution in [-0.4, -0.2) is 48.6 Å². The molecular formula is C21H20N4O3S. The lowest BCUT2D eigenvalue weighted by Crippen LogP contribution is -2.36. The summed E-state index contributed by atoms with van der Waals surface area (Å²) in [5.41, 5.74) is 5.63. The number of hydrazone groups is 1. The van der Waals surface area contributed by atoms with Crippen molar-refractivity contribution >= 4 is 34.3 Å². The van der Waals surface area contributed by atoms with Crippen LogP contribution in [0, 0.1) is 0 Å². The molecule has 1 aliphatic rings. The van der Waals surface area contributed by atoms with Crippen molar-refractivity contribution in [3.8, 4) is 11.3 Å². The van der Waals surface area contributed by atoms with Crippen LogP contribution in [0.25, 0.3) is 11.3 Å². The number of anilines is 2. The maximum Gasteiger partial charge on any atom is 0.335 e. The van der Waals surface area contributed by atoms with Crippen molar-refractivity contribution < 1.29 is 14.6 Å². The first-order valence-corrected chi connectivity index (χ1v) is 10.0. The van der Waals surface area contributed by atoms with E-state index in [0.29, 0.717) is 18.9 Å². The Morgan fingerprint density at radius 2 is 1.97 bits per heavy atom. The minimum absolute atomic E-state index is 0.211. The van der Waals surface area contributed by atoms with Crippen molar-refractivity contribution in [2.75, 3.05) is 36.6 Å². The standard InChI is InChI=1S/C21H20N4O3S/c26-20(27)16-7-4-8-17(13-16)24-22-14-18-19(15-5-2-1-3-6-15)23-21(29-18)25-9-11-28-12-10-25/h1-8,13-14,24H,9-12H2,(H,26,27)/b22-14+. The number of morpholine rings is 1. The largest absolute Gasteiger partial charge is 0.478 e. The molecule has 3 aromatic rings. The van der Waals surface area contributed by atoms with Crippen LogP contribution < -0.4 is 10.3 Å². The fourth-order valence-electron chi connectivity index (χ4n) is 2.99. The molecule has 8 heteroatoms. The van der Waals surface area contributed by atoms with Gasteiger partial charge in [0.25, 0.3) is 0 Å². The van der Waals surface area contributed by atoms with Crippen LogP contribution in [0.1, 0.15) is 15.2 Å². The number of carboxylic acid groups (broad SMARTS) is 1. The third-order valence-electron chi connectivity index (χ3n) is 4.46. The van der Waals surface area contributed by atoms with Gasteiger partial charge in [-0.05, 0) is 18.2 Å². The smallest absolute Gasteiger partial charge is 0.335 e. The van der Waals surface area contributed by atoms with Crippen molar-refractivity contribution in [2.45, 2.75) is 0 Å². The van der Waals surface area contributed by atoms with Gasteiger partial charge in [0.1, 0.15) is 0 Å². The molecule has 0 radical (unpaired) electrons. The number of aromatic nitrogens is 1. The lowest BCUT2D eigenvalue weighted by atomic mass is 10.1. The zero-order chi connectivity index (χ0) is 20.1. The molecule has 1 fully saturated rings. The first kappa shape index (κ1) is 19.1. The summed E-state index contributed by atoms with van der Waals surface area (Å²) in [6, 6.07) is 16.5. The molecule has 29 heavy (non-hydrogen) atoms. The maximum absolute atomic E-state index is 11.1. The zero-order valence-electron chi connectivity index (χ0n) is 15.6. The van der Waals surface area contributed by atoms with Crippen molar-refractivity contribution in [3.05, 3.63) is 65.0 Å². The number of thiazole rings is 1. The molecule has 0 unspecified atom stereocenters. The van der Waals surface area contributed by atoms with E-state index in [-0.39, 0.29) is 5.56 Å². The molecule has 2 N–H and O–H groups in total. The van der Waals surface area contributed by atoms with Crippen LogP contribution >= 0.6 is 11.3 Å². The molecule has 2 aromatic carbocycles. The Balaban J connectivity index is 1.59. The number of nitrogens with one attached hydrogen (secondary N) is 1. The second kappa shape index (κ2) is 8.85. The molecule has 7 nitrogen and oxygen atoms in total. The van der Waals surface area contributed by atoms with Crippen LogP contribution in [0.15, 0.2) is 59.7 Å². The quantitative estimate of drug-likeness (QED) is 0.477. The Labute approximate surface area is 172 Å². The molecule has 148 valence electrons. The fourth-order valence-corrected chi connectivity index (χ4v) is 4.00.